The van der Waals surface area contributed by atoms with Crippen LogP contribution in [0, 0.1) is 13.8 Å². The maximum absolute atomic E-state index is 12.2. The number of hydrogen-bond acceptors (Lipinski definition) is 5. The van der Waals surface area contributed by atoms with E-state index in [0.29, 0.717) is 22.7 Å². The van der Waals surface area contributed by atoms with Gasteiger partial charge in [-0.05, 0) is 66.9 Å². The van der Waals surface area contributed by atoms with Crippen molar-refractivity contribution in [3.05, 3.63) is 88.5 Å². The molecule has 0 fully saturated rings. The van der Waals surface area contributed by atoms with Crippen LogP contribution in [0.2, 0.25) is 0 Å². The number of carboxylic acid groups (broad SMARTS) is 1. The molecule has 170 valence electrons. The lowest BCUT2D eigenvalue weighted by Crippen LogP contribution is -2.24. The first-order valence-electron chi connectivity index (χ1n) is 10.2. The Balaban J connectivity index is 1.67. The first-order chi connectivity index (χ1) is 15.9. The molecule has 0 saturated carbocycles. The molecule has 3 aromatic rings. The molecular formula is C25H25N3O5. The summed E-state index contributed by atoms with van der Waals surface area (Å²) in [5.74, 6) is -0.0390. The maximum atomic E-state index is 12.2. The number of nitrogens with one attached hydrogen (secondary N) is 2. The quantitative estimate of drug-likeness (QED) is 0.341. The van der Waals surface area contributed by atoms with Crippen molar-refractivity contribution in [2.24, 2.45) is 5.10 Å². The van der Waals surface area contributed by atoms with Crippen molar-refractivity contribution in [3.8, 4) is 11.5 Å². The van der Waals surface area contributed by atoms with Gasteiger partial charge in [-0.2, -0.15) is 5.10 Å². The smallest absolute Gasteiger partial charge is 0.339 e. The van der Waals surface area contributed by atoms with Gasteiger partial charge in [0.1, 0.15) is 6.61 Å². The van der Waals surface area contributed by atoms with Gasteiger partial charge in [0.05, 0.1) is 18.9 Å². The first kappa shape index (κ1) is 23.3. The number of para-hydroxylation sites is 1. The summed E-state index contributed by atoms with van der Waals surface area (Å²) < 4.78 is 11.3. The number of hydrazone groups is 1. The predicted octanol–water partition coefficient (Wildman–Crippen LogP) is 4.74. The largest absolute Gasteiger partial charge is 0.493 e. The summed E-state index contributed by atoms with van der Waals surface area (Å²) in [6, 6.07) is 16.9. The molecule has 0 aliphatic heterocycles. The maximum Gasteiger partial charge on any atom is 0.339 e. The Labute approximate surface area is 191 Å². The number of aromatic carboxylic acids is 1. The summed E-state index contributed by atoms with van der Waals surface area (Å²) in [5.41, 5.74) is 6.92. The van der Waals surface area contributed by atoms with Crippen LogP contribution in [0.4, 0.5) is 10.5 Å². The number of carboxylic acids is 1. The van der Waals surface area contributed by atoms with E-state index in [1.54, 1.807) is 30.3 Å². The van der Waals surface area contributed by atoms with E-state index in [4.69, 9.17) is 14.6 Å². The van der Waals surface area contributed by atoms with Crippen molar-refractivity contribution in [1.29, 1.82) is 0 Å². The van der Waals surface area contributed by atoms with E-state index in [1.165, 1.54) is 25.5 Å². The van der Waals surface area contributed by atoms with E-state index in [0.717, 1.165) is 16.7 Å². The number of urea groups is 1. The number of aryl methyl sites for hydroxylation is 2. The van der Waals surface area contributed by atoms with Crippen LogP contribution in [-0.2, 0) is 6.61 Å². The highest BCUT2D eigenvalue weighted by molar-refractivity contribution is 5.91. The van der Waals surface area contributed by atoms with Gasteiger partial charge in [-0.15, -0.1) is 0 Å². The zero-order valence-corrected chi connectivity index (χ0v) is 18.6. The fourth-order valence-electron chi connectivity index (χ4n) is 2.99. The third kappa shape index (κ3) is 6.33. The van der Waals surface area contributed by atoms with Crippen LogP contribution in [0.25, 0.3) is 0 Å². The Morgan fingerprint density at radius 3 is 2.45 bits per heavy atom. The minimum Gasteiger partial charge on any atom is -0.493 e. The molecular weight excluding hydrogens is 422 g/mol. The third-order valence-corrected chi connectivity index (χ3v) is 4.95. The second-order valence-electron chi connectivity index (χ2n) is 7.29. The lowest BCUT2D eigenvalue weighted by Gasteiger charge is -2.13. The Bertz CT molecular complexity index is 1170. The molecule has 2 amide bonds. The van der Waals surface area contributed by atoms with Gasteiger partial charge in [0.25, 0.3) is 0 Å². The van der Waals surface area contributed by atoms with Crippen molar-refractivity contribution in [1.82, 2.24) is 5.43 Å². The van der Waals surface area contributed by atoms with Gasteiger partial charge < -0.3 is 19.9 Å². The third-order valence-electron chi connectivity index (χ3n) is 4.95. The van der Waals surface area contributed by atoms with Crippen molar-refractivity contribution in [2.75, 3.05) is 12.4 Å². The summed E-state index contributed by atoms with van der Waals surface area (Å²) in [7, 11) is 1.53. The first-order valence-corrected chi connectivity index (χ1v) is 10.2. The van der Waals surface area contributed by atoms with Crippen LogP contribution in [0.1, 0.15) is 32.6 Å². The summed E-state index contributed by atoms with van der Waals surface area (Å²) in [6.45, 7) is 4.17. The molecule has 0 bridgehead atoms. The molecule has 0 spiro atoms. The van der Waals surface area contributed by atoms with Crippen LogP contribution in [0.3, 0.4) is 0 Å². The Hall–Kier alpha value is -4.33. The van der Waals surface area contributed by atoms with E-state index < -0.39 is 12.0 Å². The predicted molar refractivity (Wildman–Crippen MR) is 126 cm³/mol. The average Bonchev–Trinajstić information content (AvgIpc) is 2.80. The van der Waals surface area contributed by atoms with Gasteiger partial charge in [-0.1, -0.05) is 24.3 Å². The molecule has 0 aromatic heterocycles. The Morgan fingerprint density at radius 2 is 1.79 bits per heavy atom. The Morgan fingerprint density at radius 1 is 1.03 bits per heavy atom. The topological polar surface area (TPSA) is 109 Å². The summed E-state index contributed by atoms with van der Waals surface area (Å²) >= 11 is 0. The van der Waals surface area contributed by atoms with Gasteiger partial charge in [0.2, 0.25) is 0 Å². The van der Waals surface area contributed by atoms with Gasteiger partial charge >= 0.3 is 12.0 Å². The molecule has 0 aliphatic carbocycles. The summed E-state index contributed by atoms with van der Waals surface area (Å²) in [6.07, 6.45) is 1.46. The highest BCUT2D eigenvalue weighted by Gasteiger charge is 2.11. The molecule has 8 nitrogen and oxygen atoms in total. The standard InChI is InChI=1S/C25H25N3O5/c1-16-7-12-21(13-17(16)2)27-25(31)28-26-14-20-5-4-6-22(32-3)23(20)33-15-18-8-10-19(11-9-18)24(29)30/h4-14H,15H2,1-3H3,(H,29,30)(H2,27,28,31)/b26-14+. The summed E-state index contributed by atoms with van der Waals surface area (Å²) in [5, 5.41) is 15.8. The van der Waals surface area contributed by atoms with Crippen LogP contribution in [0.5, 0.6) is 11.5 Å². The highest BCUT2D eigenvalue weighted by Crippen LogP contribution is 2.31. The fraction of sp³-hybridized carbons (Fsp3) is 0.160. The molecule has 3 N–H and O–H groups in total. The molecule has 3 rings (SSSR count). The number of ether oxygens (including phenoxy) is 2. The molecule has 0 unspecified atom stereocenters. The van der Waals surface area contributed by atoms with E-state index >= 15 is 0 Å². The number of rotatable bonds is 8. The van der Waals surface area contributed by atoms with E-state index in [2.05, 4.69) is 15.8 Å². The molecule has 0 atom stereocenters. The monoisotopic (exact) mass is 447 g/mol. The molecule has 8 heteroatoms. The number of anilines is 1. The molecule has 0 radical (unpaired) electrons. The number of nitrogens with zero attached hydrogens (tertiary/aromatic N) is 1. The zero-order valence-electron chi connectivity index (χ0n) is 18.6. The molecule has 3 aromatic carbocycles. The minimum absolute atomic E-state index is 0.196. The van der Waals surface area contributed by atoms with Crippen molar-refractivity contribution < 1.29 is 24.2 Å². The van der Waals surface area contributed by atoms with Crippen molar-refractivity contribution in [3.63, 3.8) is 0 Å². The zero-order chi connectivity index (χ0) is 23.8. The number of benzene rings is 3. The fourth-order valence-corrected chi connectivity index (χ4v) is 2.99. The van der Waals surface area contributed by atoms with Gasteiger partial charge in [0.15, 0.2) is 11.5 Å². The molecule has 33 heavy (non-hydrogen) atoms. The number of methoxy groups -OCH3 is 1. The second kappa shape index (κ2) is 10.8. The normalized spacial score (nSPS) is 10.6. The van der Waals surface area contributed by atoms with Gasteiger partial charge in [-0.3, -0.25) is 0 Å². The average molecular weight is 447 g/mol. The Kier molecular flexibility index (Phi) is 7.64. The number of carbonyl (C=O) groups is 2. The van der Waals surface area contributed by atoms with Crippen LogP contribution in [-0.4, -0.2) is 30.4 Å². The van der Waals surface area contributed by atoms with Gasteiger partial charge in [0, 0.05) is 11.3 Å². The van der Waals surface area contributed by atoms with Crippen LogP contribution in [0.15, 0.2) is 65.8 Å². The SMILES string of the molecule is COc1cccc(/C=N/NC(=O)Nc2ccc(C)c(C)c2)c1OCc1ccc(C(=O)O)cc1. The van der Waals surface area contributed by atoms with Gasteiger partial charge in [-0.25, -0.2) is 15.0 Å². The number of carbonyl (C=O) groups excluding carboxylic acids is 1. The van der Waals surface area contributed by atoms with Crippen molar-refractivity contribution in [2.45, 2.75) is 20.5 Å². The minimum atomic E-state index is -0.986. The van der Waals surface area contributed by atoms with Crippen molar-refractivity contribution >= 4 is 23.9 Å². The van der Waals surface area contributed by atoms with E-state index in [-0.39, 0.29) is 12.2 Å². The lowest BCUT2D eigenvalue weighted by molar-refractivity contribution is 0.0696. The summed E-state index contributed by atoms with van der Waals surface area (Å²) in [4.78, 5) is 23.2. The molecule has 0 saturated heterocycles. The van der Waals surface area contributed by atoms with Crippen LogP contribution >= 0.6 is 0 Å². The second-order valence-corrected chi connectivity index (χ2v) is 7.29. The van der Waals surface area contributed by atoms with Crippen LogP contribution < -0.4 is 20.2 Å². The van der Waals surface area contributed by atoms with E-state index in [1.807, 2.05) is 32.0 Å². The van der Waals surface area contributed by atoms with E-state index in [9.17, 15) is 9.59 Å². The molecule has 0 heterocycles. The lowest BCUT2D eigenvalue weighted by atomic mass is 10.1. The number of amides is 2. The highest BCUT2D eigenvalue weighted by atomic mass is 16.5. The molecule has 0 aliphatic rings. The number of hydrogen-bond donors (Lipinski definition) is 3.